The van der Waals surface area contributed by atoms with Crippen LogP contribution < -0.4 is 5.32 Å². The Bertz CT molecular complexity index is 988. The first-order valence-electron chi connectivity index (χ1n) is 9.32. The number of halogens is 1. The number of aromatic nitrogens is 1. The lowest BCUT2D eigenvalue weighted by Crippen LogP contribution is -2.31. The second-order valence-electron chi connectivity index (χ2n) is 6.92. The van der Waals surface area contributed by atoms with Crippen LogP contribution in [0.1, 0.15) is 40.3 Å². The summed E-state index contributed by atoms with van der Waals surface area (Å²) >= 11 is 5.87. The number of benzene rings is 2. The van der Waals surface area contributed by atoms with Gasteiger partial charge in [-0.2, -0.15) is 0 Å². The van der Waals surface area contributed by atoms with Crippen LogP contribution in [0.25, 0.3) is 5.69 Å². The topological polar surface area (TPSA) is 60.3 Å². The maximum absolute atomic E-state index is 12.3. The second kappa shape index (κ2) is 8.97. The van der Waals surface area contributed by atoms with E-state index in [0.29, 0.717) is 10.6 Å². The van der Waals surface area contributed by atoms with Gasteiger partial charge in [-0.05, 0) is 74.9 Å². The highest BCUT2D eigenvalue weighted by Crippen LogP contribution is 2.18. The molecule has 0 unspecified atom stereocenters. The van der Waals surface area contributed by atoms with Crippen molar-refractivity contribution in [3.05, 3.63) is 88.2 Å². The molecule has 0 spiro atoms. The molecule has 0 radical (unpaired) electrons. The molecule has 0 saturated heterocycles. The molecule has 3 rings (SSSR count). The van der Waals surface area contributed by atoms with Crippen LogP contribution in [0.2, 0.25) is 5.02 Å². The van der Waals surface area contributed by atoms with Crippen LogP contribution in [0.3, 0.4) is 0 Å². The zero-order chi connectivity index (χ0) is 21.0. The number of amides is 1. The van der Waals surface area contributed by atoms with Gasteiger partial charge in [0.1, 0.15) is 0 Å². The van der Waals surface area contributed by atoms with Gasteiger partial charge in [0.05, 0.1) is 11.6 Å². The molecule has 1 amide bonds. The van der Waals surface area contributed by atoms with E-state index in [1.807, 2.05) is 57.2 Å². The standard InChI is InChI=1S/C23H23ClN2O3/c1-15-4-5-16(2)26(15)21-12-8-19(9-13-21)23(28)29-14-22(27)25-17(3)18-6-10-20(24)11-7-18/h4-13,17H,14H2,1-3H3,(H,25,27)/t17-/m1/s1. The van der Waals surface area contributed by atoms with E-state index < -0.39 is 5.97 Å². The summed E-state index contributed by atoms with van der Waals surface area (Å²) < 4.78 is 7.24. The number of carbonyl (C=O) groups excluding carboxylic acids is 2. The summed E-state index contributed by atoms with van der Waals surface area (Å²) in [5.41, 5.74) is 4.51. The minimum atomic E-state index is -0.535. The van der Waals surface area contributed by atoms with E-state index in [2.05, 4.69) is 9.88 Å². The van der Waals surface area contributed by atoms with Crippen molar-refractivity contribution in [2.75, 3.05) is 6.61 Å². The van der Waals surface area contributed by atoms with Crippen LogP contribution in [0.5, 0.6) is 0 Å². The maximum Gasteiger partial charge on any atom is 0.338 e. The average Bonchev–Trinajstić information content (AvgIpc) is 3.05. The fourth-order valence-electron chi connectivity index (χ4n) is 3.15. The minimum Gasteiger partial charge on any atom is -0.452 e. The monoisotopic (exact) mass is 410 g/mol. The van der Waals surface area contributed by atoms with Gasteiger partial charge in [0.25, 0.3) is 5.91 Å². The molecule has 150 valence electrons. The van der Waals surface area contributed by atoms with Gasteiger partial charge in [0.15, 0.2) is 6.61 Å². The molecule has 0 aliphatic carbocycles. The molecular formula is C23H23ClN2O3. The Morgan fingerprint density at radius 2 is 1.55 bits per heavy atom. The largest absolute Gasteiger partial charge is 0.452 e. The maximum atomic E-state index is 12.3. The van der Waals surface area contributed by atoms with E-state index >= 15 is 0 Å². The summed E-state index contributed by atoms with van der Waals surface area (Å²) in [6.07, 6.45) is 0. The van der Waals surface area contributed by atoms with Crippen molar-refractivity contribution in [2.24, 2.45) is 0 Å². The van der Waals surface area contributed by atoms with Crippen molar-refractivity contribution in [3.63, 3.8) is 0 Å². The van der Waals surface area contributed by atoms with Gasteiger partial charge < -0.3 is 14.6 Å². The number of hydrogen-bond donors (Lipinski definition) is 1. The van der Waals surface area contributed by atoms with Crippen molar-refractivity contribution >= 4 is 23.5 Å². The van der Waals surface area contributed by atoms with Crippen molar-refractivity contribution < 1.29 is 14.3 Å². The van der Waals surface area contributed by atoms with Gasteiger partial charge in [-0.1, -0.05) is 23.7 Å². The zero-order valence-electron chi connectivity index (χ0n) is 16.6. The van der Waals surface area contributed by atoms with Crippen LogP contribution in [0.15, 0.2) is 60.7 Å². The van der Waals surface area contributed by atoms with E-state index in [1.54, 1.807) is 24.3 Å². The molecule has 29 heavy (non-hydrogen) atoms. The fourth-order valence-corrected chi connectivity index (χ4v) is 3.28. The van der Waals surface area contributed by atoms with Gasteiger partial charge in [0.2, 0.25) is 0 Å². The Labute approximate surface area is 175 Å². The molecule has 2 aromatic carbocycles. The van der Waals surface area contributed by atoms with Gasteiger partial charge in [-0.3, -0.25) is 4.79 Å². The summed E-state index contributed by atoms with van der Waals surface area (Å²) in [5, 5.41) is 3.43. The molecule has 6 heteroatoms. The second-order valence-corrected chi connectivity index (χ2v) is 7.35. The van der Waals surface area contributed by atoms with Crippen LogP contribution in [-0.2, 0) is 9.53 Å². The number of esters is 1. The van der Waals surface area contributed by atoms with Gasteiger partial charge >= 0.3 is 5.97 Å². The highest BCUT2D eigenvalue weighted by Gasteiger charge is 2.14. The van der Waals surface area contributed by atoms with Crippen LogP contribution in [-0.4, -0.2) is 23.1 Å². The Morgan fingerprint density at radius 3 is 2.14 bits per heavy atom. The quantitative estimate of drug-likeness (QED) is 0.595. The van der Waals surface area contributed by atoms with Crippen molar-refractivity contribution in [1.29, 1.82) is 0 Å². The fraction of sp³-hybridized carbons (Fsp3) is 0.217. The Morgan fingerprint density at radius 1 is 0.966 bits per heavy atom. The van der Waals surface area contributed by atoms with E-state index in [9.17, 15) is 9.59 Å². The summed E-state index contributed by atoms with van der Waals surface area (Å²) in [6.45, 7) is 5.57. The molecule has 0 saturated carbocycles. The molecule has 0 bridgehead atoms. The lowest BCUT2D eigenvalue weighted by molar-refractivity contribution is -0.124. The Kier molecular flexibility index (Phi) is 6.39. The molecule has 1 atom stereocenters. The highest BCUT2D eigenvalue weighted by atomic mass is 35.5. The number of nitrogens with zero attached hydrogens (tertiary/aromatic N) is 1. The van der Waals surface area contributed by atoms with Gasteiger partial charge in [0, 0.05) is 22.1 Å². The van der Waals surface area contributed by atoms with Crippen molar-refractivity contribution in [3.8, 4) is 5.69 Å². The molecule has 0 aliphatic rings. The summed E-state index contributed by atoms with van der Waals surface area (Å²) in [6, 6.07) is 18.2. The number of rotatable bonds is 6. The van der Waals surface area contributed by atoms with Crippen molar-refractivity contribution in [1.82, 2.24) is 9.88 Å². The predicted molar refractivity (Wildman–Crippen MR) is 114 cm³/mol. The lowest BCUT2D eigenvalue weighted by Gasteiger charge is -2.14. The molecule has 0 aliphatic heterocycles. The summed E-state index contributed by atoms with van der Waals surface area (Å²) in [5.74, 6) is -0.900. The van der Waals surface area contributed by atoms with Gasteiger partial charge in [-0.15, -0.1) is 0 Å². The predicted octanol–water partition coefficient (Wildman–Crippen LogP) is 4.78. The number of hydrogen-bond acceptors (Lipinski definition) is 3. The smallest absolute Gasteiger partial charge is 0.338 e. The van der Waals surface area contributed by atoms with E-state index in [4.69, 9.17) is 16.3 Å². The number of carbonyl (C=O) groups is 2. The normalized spacial score (nSPS) is 11.7. The first-order valence-corrected chi connectivity index (χ1v) is 9.70. The SMILES string of the molecule is Cc1ccc(C)n1-c1ccc(C(=O)OCC(=O)N[C@H](C)c2ccc(Cl)cc2)cc1. The number of nitrogens with one attached hydrogen (secondary N) is 1. The Hall–Kier alpha value is -3.05. The highest BCUT2D eigenvalue weighted by molar-refractivity contribution is 6.30. The van der Waals surface area contributed by atoms with Crippen LogP contribution in [0.4, 0.5) is 0 Å². The zero-order valence-corrected chi connectivity index (χ0v) is 17.4. The number of ether oxygens (including phenoxy) is 1. The molecule has 1 N–H and O–H groups in total. The third-order valence-electron chi connectivity index (χ3n) is 4.71. The minimum absolute atomic E-state index is 0.217. The Balaban J connectivity index is 1.55. The first-order chi connectivity index (χ1) is 13.8. The summed E-state index contributed by atoms with van der Waals surface area (Å²) in [7, 11) is 0. The van der Waals surface area contributed by atoms with Gasteiger partial charge in [-0.25, -0.2) is 4.79 Å². The molecule has 1 heterocycles. The number of aryl methyl sites for hydroxylation is 2. The van der Waals surface area contributed by atoms with Crippen LogP contribution >= 0.6 is 11.6 Å². The lowest BCUT2D eigenvalue weighted by atomic mass is 10.1. The van der Waals surface area contributed by atoms with E-state index in [0.717, 1.165) is 22.6 Å². The average molecular weight is 411 g/mol. The molecule has 5 nitrogen and oxygen atoms in total. The van der Waals surface area contributed by atoms with E-state index in [1.165, 1.54) is 0 Å². The molecule has 3 aromatic rings. The third kappa shape index (κ3) is 5.06. The molecule has 1 aromatic heterocycles. The molecular weight excluding hydrogens is 388 g/mol. The molecule has 0 fully saturated rings. The van der Waals surface area contributed by atoms with Crippen LogP contribution in [0, 0.1) is 13.8 Å². The summed E-state index contributed by atoms with van der Waals surface area (Å²) in [4.78, 5) is 24.3. The third-order valence-corrected chi connectivity index (χ3v) is 4.97. The first kappa shape index (κ1) is 20.7. The van der Waals surface area contributed by atoms with Crippen molar-refractivity contribution in [2.45, 2.75) is 26.8 Å². The van der Waals surface area contributed by atoms with E-state index in [-0.39, 0.29) is 18.6 Å².